The predicted octanol–water partition coefficient (Wildman–Crippen LogP) is 3.68. The largest absolute Gasteiger partial charge is 0.444 e. The predicted molar refractivity (Wildman–Crippen MR) is 72.7 cm³/mol. The molecule has 2 aliphatic rings. The number of hydrogen-bond donors (Lipinski definition) is 0. The van der Waals surface area contributed by atoms with E-state index in [1.165, 1.54) is 24.0 Å². The molecular weight excluding hydrogens is 236 g/mol. The normalized spacial score (nSPS) is 24.9. The summed E-state index contributed by atoms with van der Waals surface area (Å²) >= 11 is 0. The van der Waals surface area contributed by atoms with Gasteiger partial charge in [-0.25, -0.2) is 4.98 Å². The summed E-state index contributed by atoms with van der Waals surface area (Å²) in [6, 6.07) is 9.98. The quantitative estimate of drug-likeness (QED) is 0.818. The molecule has 2 unspecified atom stereocenters. The number of aryl methyl sites for hydroxylation is 2. The highest BCUT2D eigenvalue weighted by molar-refractivity contribution is 5.39. The smallest absolute Gasteiger partial charge is 0.208 e. The molecule has 1 aromatic heterocycles. The van der Waals surface area contributed by atoms with Gasteiger partial charge in [-0.05, 0) is 37.8 Å². The van der Waals surface area contributed by atoms with Crippen LogP contribution in [0, 0.1) is 13.8 Å². The highest BCUT2D eigenvalue weighted by atomic mass is 16.4. The van der Waals surface area contributed by atoms with Crippen LogP contribution in [-0.2, 0) is 6.54 Å². The van der Waals surface area contributed by atoms with Gasteiger partial charge in [0.25, 0.3) is 0 Å². The summed E-state index contributed by atoms with van der Waals surface area (Å²) in [5, 5.41) is 0. The van der Waals surface area contributed by atoms with E-state index in [0.717, 1.165) is 23.9 Å². The van der Waals surface area contributed by atoms with Crippen molar-refractivity contribution in [3.8, 4) is 0 Å². The van der Waals surface area contributed by atoms with E-state index < -0.39 is 0 Å². The SMILES string of the molecule is Cc1nc(CN2C3CCC2c2ccccc23)oc1C. The monoisotopic (exact) mass is 254 g/mol. The fraction of sp³-hybridized carbons (Fsp3) is 0.438. The van der Waals surface area contributed by atoms with Crippen molar-refractivity contribution >= 4 is 0 Å². The molecule has 0 spiro atoms. The maximum absolute atomic E-state index is 5.75. The second-order valence-electron chi connectivity index (χ2n) is 5.66. The summed E-state index contributed by atoms with van der Waals surface area (Å²) < 4.78 is 5.75. The zero-order chi connectivity index (χ0) is 13.0. The molecule has 4 rings (SSSR count). The summed E-state index contributed by atoms with van der Waals surface area (Å²) in [5.41, 5.74) is 4.04. The Hall–Kier alpha value is -1.61. The van der Waals surface area contributed by atoms with Crippen LogP contribution in [0.4, 0.5) is 0 Å². The maximum Gasteiger partial charge on any atom is 0.208 e. The fourth-order valence-corrected chi connectivity index (χ4v) is 3.63. The summed E-state index contributed by atoms with van der Waals surface area (Å²) in [4.78, 5) is 7.08. The molecule has 2 atom stereocenters. The van der Waals surface area contributed by atoms with E-state index in [-0.39, 0.29) is 0 Å². The van der Waals surface area contributed by atoms with Crippen LogP contribution in [0.1, 0.15) is 53.4 Å². The summed E-state index contributed by atoms with van der Waals surface area (Å²) in [6.45, 7) is 4.83. The minimum Gasteiger partial charge on any atom is -0.444 e. The Bertz CT molecular complexity index is 581. The van der Waals surface area contributed by atoms with Crippen molar-refractivity contribution in [2.24, 2.45) is 0 Å². The molecule has 0 aliphatic carbocycles. The fourth-order valence-electron chi connectivity index (χ4n) is 3.63. The van der Waals surface area contributed by atoms with Crippen LogP contribution in [0.3, 0.4) is 0 Å². The molecule has 3 heteroatoms. The molecule has 0 saturated carbocycles. The summed E-state index contributed by atoms with van der Waals surface area (Å²) in [5.74, 6) is 1.80. The standard InChI is InChI=1S/C16H18N2O/c1-10-11(2)19-16(17-10)9-18-14-7-8-15(18)13-6-4-3-5-12(13)14/h3-6,14-15H,7-9H2,1-2H3. The molecular formula is C16H18N2O. The number of oxazole rings is 1. The minimum absolute atomic E-state index is 0.564. The Kier molecular flexibility index (Phi) is 2.33. The summed E-state index contributed by atoms with van der Waals surface area (Å²) in [7, 11) is 0. The molecule has 0 N–H and O–H groups in total. The van der Waals surface area contributed by atoms with Gasteiger partial charge in [-0.3, -0.25) is 4.90 Å². The van der Waals surface area contributed by atoms with E-state index in [2.05, 4.69) is 34.1 Å². The summed E-state index contributed by atoms with van der Waals surface area (Å²) in [6.07, 6.45) is 2.53. The Morgan fingerprint density at radius 1 is 1.16 bits per heavy atom. The topological polar surface area (TPSA) is 29.3 Å². The molecule has 1 fully saturated rings. The van der Waals surface area contributed by atoms with Gasteiger partial charge in [0.1, 0.15) is 5.76 Å². The lowest BCUT2D eigenvalue weighted by molar-refractivity contribution is 0.191. The van der Waals surface area contributed by atoms with Crippen molar-refractivity contribution in [2.75, 3.05) is 0 Å². The highest BCUT2D eigenvalue weighted by Crippen LogP contribution is 2.53. The van der Waals surface area contributed by atoms with Crippen LogP contribution in [-0.4, -0.2) is 9.88 Å². The Labute approximate surface area is 113 Å². The third kappa shape index (κ3) is 1.58. The molecule has 2 aliphatic heterocycles. The molecule has 2 bridgehead atoms. The van der Waals surface area contributed by atoms with Crippen LogP contribution < -0.4 is 0 Å². The van der Waals surface area contributed by atoms with Crippen molar-refractivity contribution < 1.29 is 4.42 Å². The number of hydrogen-bond acceptors (Lipinski definition) is 3. The average molecular weight is 254 g/mol. The van der Waals surface area contributed by atoms with Crippen molar-refractivity contribution in [1.29, 1.82) is 0 Å². The lowest BCUT2D eigenvalue weighted by Gasteiger charge is -2.19. The first-order valence-electron chi connectivity index (χ1n) is 7.01. The zero-order valence-electron chi connectivity index (χ0n) is 11.4. The second kappa shape index (κ2) is 3.94. The molecule has 1 saturated heterocycles. The lowest BCUT2D eigenvalue weighted by Crippen LogP contribution is -2.19. The van der Waals surface area contributed by atoms with E-state index in [1.807, 2.05) is 13.8 Å². The van der Waals surface area contributed by atoms with Gasteiger partial charge in [-0.1, -0.05) is 24.3 Å². The molecule has 2 aromatic rings. The molecule has 0 amide bonds. The number of fused-ring (bicyclic) bond motifs is 5. The average Bonchev–Trinajstić information content (AvgIpc) is 3.04. The molecule has 19 heavy (non-hydrogen) atoms. The maximum atomic E-state index is 5.75. The molecule has 3 heterocycles. The van der Waals surface area contributed by atoms with Gasteiger partial charge in [0.15, 0.2) is 0 Å². The highest BCUT2D eigenvalue weighted by Gasteiger charge is 2.43. The minimum atomic E-state index is 0.564. The number of aromatic nitrogens is 1. The second-order valence-corrected chi connectivity index (χ2v) is 5.66. The van der Waals surface area contributed by atoms with Gasteiger partial charge in [0.2, 0.25) is 5.89 Å². The Balaban J connectivity index is 1.65. The zero-order valence-corrected chi connectivity index (χ0v) is 11.4. The number of benzene rings is 1. The van der Waals surface area contributed by atoms with Gasteiger partial charge < -0.3 is 4.42 Å². The first-order valence-corrected chi connectivity index (χ1v) is 7.01. The first kappa shape index (κ1) is 11.2. The van der Waals surface area contributed by atoms with Crippen LogP contribution >= 0.6 is 0 Å². The van der Waals surface area contributed by atoms with Crippen molar-refractivity contribution in [2.45, 2.75) is 45.3 Å². The van der Waals surface area contributed by atoms with E-state index in [9.17, 15) is 0 Å². The third-order valence-electron chi connectivity index (χ3n) is 4.62. The van der Waals surface area contributed by atoms with Gasteiger partial charge in [-0.2, -0.15) is 0 Å². The van der Waals surface area contributed by atoms with Gasteiger partial charge in [0.05, 0.1) is 12.2 Å². The van der Waals surface area contributed by atoms with E-state index >= 15 is 0 Å². The number of rotatable bonds is 2. The molecule has 3 nitrogen and oxygen atoms in total. The molecule has 0 radical (unpaired) electrons. The Morgan fingerprint density at radius 2 is 1.79 bits per heavy atom. The Morgan fingerprint density at radius 3 is 2.32 bits per heavy atom. The molecule has 98 valence electrons. The number of nitrogens with zero attached hydrogens (tertiary/aromatic N) is 2. The van der Waals surface area contributed by atoms with Crippen LogP contribution in [0.5, 0.6) is 0 Å². The van der Waals surface area contributed by atoms with E-state index in [0.29, 0.717) is 12.1 Å². The lowest BCUT2D eigenvalue weighted by atomic mass is 9.92. The molecule has 1 aromatic carbocycles. The van der Waals surface area contributed by atoms with E-state index in [4.69, 9.17) is 4.42 Å². The van der Waals surface area contributed by atoms with Crippen LogP contribution in [0.2, 0.25) is 0 Å². The van der Waals surface area contributed by atoms with Crippen molar-refractivity contribution in [1.82, 2.24) is 9.88 Å². The van der Waals surface area contributed by atoms with Crippen LogP contribution in [0.15, 0.2) is 28.7 Å². The van der Waals surface area contributed by atoms with Gasteiger partial charge in [0, 0.05) is 12.1 Å². The van der Waals surface area contributed by atoms with Crippen LogP contribution in [0.25, 0.3) is 0 Å². The van der Waals surface area contributed by atoms with Gasteiger partial charge in [-0.15, -0.1) is 0 Å². The first-order chi connectivity index (χ1) is 9.24. The van der Waals surface area contributed by atoms with Gasteiger partial charge >= 0.3 is 0 Å². The van der Waals surface area contributed by atoms with Crippen molar-refractivity contribution in [3.05, 3.63) is 52.7 Å². The third-order valence-corrected chi connectivity index (χ3v) is 4.62. The van der Waals surface area contributed by atoms with E-state index in [1.54, 1.807) is 0 Å². The van der Waals surface area contributed by atoms with Crippen molar-refractivity contribution in [3.63, 3.8) is 0 Å².